The first-order valence-electron chi connectivity index (χ1n) is 7.60. The summed E-state index contributed by atoms with van der Waals surface area (Å²) in [6.45, 7) is 7.93. The molecular weight excluding hydrogens is 256 g/mol. The first-order valence-corrected chi connectivity index (χ1v) is 7.60. The highest BCUT2D eigenvalue weighted by molar-refractivity contribution is 4.95. The number of rotatable bonds is 7. The lowest BCUT2D eigenvalue weighted by atomic mass is 10.1. The molecule has 2 heterocycles. The monoisotopic (exact) mass is 282 g/mol. The Labute approximate surface area is 120 Å². The first-order chi connectivity index (χ1) is 9.76. The van der Waals surface area contributed by atoms with Crippen LogP contribution in [0, 0.1) is 0 Å². The van der Waals surface area contributed by atoms with Crippen LogP contribution in [-0.4, -0.2) is 54.4 Å². The van der Waals surface area contributed by atoms with Gasteiger partial charge < -0.3 is 14.6 Å². The van der Waals surface area contributed by atoms with E-state index in [-0.39, 0.29) is 6.10 Å². The van der Waals surface area contributed by atoms with Crippen LogP contribution in [0.1, 0.15) is 44.5 Å². The maximum atomic E-state index is 5.75. The molecule has 114 valence electrons. The van der Waals surface area contributed by atoms with Crippen molar-refractivity contribution in [2.75, 3.05) is 33.3 Å². The minimum atomic E-state index is -0.0552. The summed E-state index contributed by atoms with van der Waals surface area (Å²) in [5, 5.41) is 7.38. The first kappa shape index (κ1) is 15.4. The molecule has 1 aromatic rings. The van der Waals surface area contributed by atoms with Gasteiger partial charge in [-0.25, -0.2) is 0 Å². The number of morpholine rings is 1. The van der Waals surface area contributed by atoms with Crippen molar-refractivity contribution in [3.63, 3.8) is 0 Å². The van der Waals surface area contributed by atoms with Gasteiger partial charge in [0.1, 0.15) is 6.10 Å². The van der Waals surface area contributed by atoms with E-state index < -0.39 is 0 Å². The number of likely N-dealkylation sites (N-methyl/N-ethyl adjacent to an activating group) is 2. The van der Waals surface area contributed by atoms with Crippen LogP contribution in [0.15, 0.2) is 4.52 Å². The average molecular weight is 282 g/mol. The van der Waals surface area contributed by atoms with E-state index in [2.05, 4.69) is 34.2 Å². The highest BCUT2D eigenvalue weighted by atomic mass is 16.5. The lowest BCUT2D eigenvalue weighted by Crippen LogP contribution is -2.38. The van der Waals surface area contributed by atoms with Crippen molar-refractivity contribution >= 4 is 0 Å². The molecule has 0 aromatic carbocycles. The number of aromatic nitrogens is 2. The Morgan fingerprint density at radius 1 is 1.45 bits per heavy atom. The van der Waals surface area contributed by atoms with Crippen molar-refractivity contribution in [2.45, 2.75) is 45.3 Å². The van der Waals surface area contributed by atoms with Gasteiger partial charge in [0, 0.05) is 25.6 Å². The van der Waals surface area contributed by atoms with Crippen LogP contribution in [0.4, 0.5) is 0 Å². The molecule has 6 nitrogen and oxygen atoms in total. The lowest BCUT2D eigenvalue weighted by Gasteiger charge is -2.30. The van der Waals surface area contributed by atoms with E-state index in [0.717, 1.165) is 45.5 Å². The maximum Gasteiger partial charge on any atom is 0.228 e. The molecule has 1 aliphatic heterocycles. The summed E-state index contributed by atoms with van der Waals surface area (Å²) < 4.78 is 11.1. The van der Waals surface area contributed by atoms with Crippen LogP contribution < -0.4 is 5.32 Å². The van der Waals surface area contributed by atoms with Gasteiger partial charge in [-0.2, -0.15) is 4.98 Å². The number of hydrogen-bond acceptors (Lipinski definition) is 6. The fraction of sp³-hybridized carbons (Fsp3) is 0.857. The Hall–Kier alpha value is -0.980. The Bertz CT molecular complexity index is 396. The zero-order valence-electron chi connectivity index (χ0n) is 12.8. The van der Waals surface area contributed by atoms with Crippen LogP contribution >= 0.6 is 0 Å². The molecule has 6 heteroatoms. The van der Waals surface area contributed by atoms with Gasteiger partial charge >= 0.3 is 0 Å². The van der Waals surface area contributed by atoms with Crippen LogP contribution in [-0.2, 0) is 11.2 Å². The summed E-state index contributed by atoms with van der Waals surface area (Å²) in [5.74, 6) is 1.38. The summed E-state index contributed by atoms with van der Waals surface area (Å²) >= 11 is 0. The number of ether oxygens (including phenoxy) is 1. The van der Waals surface area contributed by atoms with Gasteiger partial charge in [0.2, 0.25) is 11.7 Å². The van der Waals surface area contributed by atoms with E-state index in [9.17, 15) is 0 Å². The lowest BCUT2D eigenvalue weighted by molar-refractivity contribution is -0.0334. The molecule has 1 fully saturated rings. The average Bonchev–Trinajstić information content (AvgIpc) is 2.95. The van der Waals surface area contributed by atoms with Crippen molar-refractivity contribution in [2.24, 2.45) is 0 Å². The van der Waals surface area contributed by atoms with E-state index in [0.29, 0.717) is 17.8 Å². The highest BCUT2D eigenvalue weighted by Crippen LogP contribution is 2.20. The largest absolute Gasteiger partial charge is 0.367 e. The van der Waals surface area contributed by atoms with Gasteiger partial charge in [0.25, 0.3) is 0 Å². The summed E-state index contributed by atoms with van der Waals surface area (Å²) in [5.41, 5.74) is 0. The maximum absolute atomic E-state index is 5.75. The van der Waals surface area contributed by atoms with Crippen LogP contribution in [0.3, 0.4) is 0 Å². The van der Waals surface area contributed by atoms with Crippen molar-refractivity contribution in [1.29, 1.82) is 0 Å². The molecule has 0 saturated carbocycles. The second-order valence-corrected chi connectivity index (χ2v) is 5.28. The molecular formula is C14H26N4O2. The molecule has 1 aliphatic rings. The van der Waals surface area contributed by atoms with Crippen molar-refractivity contribution < 1.29 is 9.26 Å². The van der Waals surface area contributed by atoms with Gasteiger partial charge in [0.05, 0.1) is 6.61 Å². The van der Waals surface area contributed by atoms with E-state index in [4.69, 9.17) is 9.26 Å². The molecule has 1 saturated heterocycles. The molecule has 0 amide bonds. The minimum Gasteiger partial charge on any atom is -0.367 e. The fourth-order valence-electron chi connectivity index (χ4n) is 2.54. The van der Waals surface area contributed by atoms with Crippen molar-refractivity contribution in [3.05, 3.63) is 11.7 Å². The molecule has 2 atom stereocenters. The van der Waals surface area contributed by atoms with Gasteiger partial charge in [-0.15, -0.1) is 0 Å². The van der Waals surface area contributed by atoms with E-state index >= 15 is 0 Å². The van der Waals surface area contributed by atoms with E-state index in [1.165, 1.54) is 0 Å². The summed E-state index contributed by atoms with van der Waals surface area (Å²) in [6, 6.07) is 0.396. The van der Waals surface area contributed by atoms with E-state index in [1.807, 2.05) is 7.05 Å². The fourth-order valence-corrected chi connectivity index (χ4v) is 2.54. The van der Waals surface area contributed by atoms with Gasteiger partial charge in [-0.05, 0) is 20.0 Å². The van der Waals surface area contributed by atoms with Crippen LogP contribution in [0.25, 0.3) is 0 Å². The smallest absolute Gasteiger partial charge is 0.228 e. The molecule has 0 spiro atoms. The number of nitrogens with zero attached hydrogens (tertiary/aromatic N) is 3. The summed E-state index contributed by atoms with van der Waals surface area (Å²) in [6.07, 6.45) is 2.98. The molecule has 2 unspecified atom stereocenters. The van der Waals surface area contributed by atoms with Crippen LogP contribution in [0.5, 0.6) is 0 Å². The molecule has 20 heavy (non-hydrogen) atoms. The number of nitrogens with one attached hydrogen (secondary N) is 1. The Kier molecular flexibility index (Phi) is 5.94. The normalized spacial score (nSPS) is 22.1. The van der Waals surface area contributed by atoms with Gasteiger partial charge in [-0.3, -0.25) is 4.90 Å². The SMILES string of the molecule is CCCC(Cc1nc(C2CN(CC)CCO2)no1)NC. The molecule has 0 aliphatic carbocycles. The quantitative estimate of drug-likeness (QED) is 0.815. The standard InChI is InChI=1S/C14H26N4O2/c1-4-6-11(15-3)9-13-16-14(17-20-13)12-10-18(5-2)7-8-19-12/h11-12,15H,4-10H2,1-3H3. The Balaban J connectivity index is 1.94. The molecule has 0 bridgehead atoms. The third-order valence-corrected chi connectivity index (χ3v) is 3.84. The van der Waals surface area contributed by atoms with Crippen molar-refractivity contribution in [1.82, 2.24) is 20.4 Å². The molecule has 1 aromatic heterocycles. The van der Waals surface area contributed by atoms with E-state index in [1.54, 1.807) is 0 Å². The predicted octanol–water partition coefficient (Wildman–Crippen LogP) is 1.39. The predicted molar refractivity (Wildman–Crippen MR) is 76.6 cm³/mol. The molecule has 0 radical (unpaired) electrons. The Morgan fingerprint density at radius 2 is 2.30 bits per heavy atom. The summed E-state index contributed by atoms with van der Waals surface area (Å²) in [7, 11) is 1.97. The third kappa shape index (κ3) is 4.01. The second kappa shape index (κ2) is 7.71. The zero-order valence-corrected chi connectivity index (χ0v) is 12.8. The zero-order chi connectivity index (χ0) is 14.4. The molecule has 2 rings (SSSR count). The minimum absolute atomic E-state index is 0.0552. The topological polar surface area (TPSA) is 63.4 Å². The third-order valence-electron chi connectivity index (χ3n) is 3.84. The van der Waals surface area contributed by atoms with Crippen molar-refractivity contribution in [3.8, 4) is 0 Å². The Morgan fingerprint density at radius 3 is 3.00 bits per heavy atom. The van der Waals surface area contributed by atoms with Gasteiger partial charge in [-0.1, -0.05) is 25.4 Å². The second-order valence-electron chi connectivity index (χ2n) is 5.28. The summed E-state index contributed by atoms with van der Waals surface area (Å²) in [4.78, 5) is 6.85. The highest BCUT2D eigenvalue weighted by Gasteiger charge is 2.25. The number of hydrogen-bond donors (Lipinski definition) is 1. The molecule has 1 N–H and O–H groups in total. The van der Waals surface area contributed by atoms with Gasteiger partial charge in [0.15, 0.2) is 0 Å². The van der Waals surface area contributed by atoms with Crippen LogP contribution in [0.2, 0.25) is 0 Å².